The summed E-state index contributed by atoms with van der Waals surface area (Å²) in [6.07, 6.45) is 1.04. The number of hydrogen-bond donors (Lipinski definition) is 1. The van der Waals surface area contributed by atoms with Gasteiger partial charge in [-0.25, -0.2) is 4.72 Å². The third-order valence-corrected chi connectivity index (χ3v) is 5.31. The van der Waals surface area contributed by atoms with Crippen molar-refractivity contribution in [3.05, 3.63) is 30.3 Å². The molecule has 0 unspecified atom stereocenters. The molecule has 2 rings (SSSR count). The molecule has 0 saturated carbocycles. The van der Waals surface area contributed by atoms with Crippen LogP contribution in [-0.2, 0) is 19.7 Å². The Kier molecular flexibility index (Phi) is 5.42. The molecule has 0 bridgehead atoms. The van der Waals surface area contributed by atoms with Gasteiger partial charge in [-0.1, -0.05) is 25.1 Å². The van der Waals surface area contributed by atoms with Crippen molar-refractivity contribution in [1.29, 1.82) is 0 Å². The number of amides is 1. The zero-order chi connectivity index (χ0) is 16.2. The van der Waals surface area contributed by atoms with E-state index in [2.05, 4.69) is 4.72 Å². The lowest BCUT2D eigenvalue weighted by atomic mass is 9.99. The second-order valence-corrected chi connectivity index (χ2v) is 6.78. The summed E-state index contributed by atoms with van der Waals surface area (Å²) in [7, 11) is -3.92. The average molecular weight is 326 g/mol. The van der Waals surface area contributed by atoms with E-state index in [1.54, 1.807) is 31.2 Å². The fourth-order valence-electron chi connectivity index (χ4n) is 2.69. The van der Waals surface area contributed by atoms with Crippen LogP contribution in [0.4, 0.5) is 5.69 Å². The first-order chi connectivity index (χ1) is 10.5. The molecular formula is C15H22N2O4S. The first-order valence-corrected chi connectivity index (χ1v) is 8.94. The summed E-state index contributed by atoms with van der Waals surface area (Å²) in [5.41, 5.74) is 0.528. The van der Waals surface area contributed by atoms with Crippen LogP contribution in [0.3, 0.4) is 0 Å². The Labute approximate surface area is 131 Å². The Morgan fingerprint density at radius 2 is 2.00 bits per heavy atom. The van der Waals surface area contributed by atoms with E-state index >= 15 is 0 Å². The highest BCUT2D eigenvalue weighted by atomic mass is 32.2. The van der Waals surface area contributed by atoms with Gasteiger partial charge in [-0.15, -0.1) is 0 Å². The first kappa shape index (κ1) is 16.8. The van der Waals surface area contributed by atoms with Crippen LogP contribution in [-0.4, -0.2) is 33.6 Å². The van der Waals surface area contributed by atoms with Crippen molar-refractivity contribution in [2.75, 3.05) is 17.5 Å². The van der Waals surface area contributed by atoms with E-state index in [4.69, 9.17) is 4.74 Å². The molecule has 7 heteroatoms. The maximum atomic E-state index is 12.5. The molecule has 1 saturated heterocycles. The van der Waals surface area contributed by atoms with Crippen LogP contribution in [0.1, 0.15) is 26.7 Å². The number of carbonyl (C=O) groups is 1. The summed E-state index contributed by atoms with van der Waals surface area (Å²) in [5, 5.41) is 0. The van der Waals surface area contributed by atoms with Gasteiger partial charge in [0.1, 0.15) is 0 Å². The average Bonchev–Trinajstić information content (AvgIpc) is 2.97. The van der Waals surface area contributed by atoms with E-state index in [1.807, 2.05) is 13.0 Å². The highest BCUT2D eigenvalue weighted by molar-refractivity contribution is 7.91. The topological polar surface area (TPSA) is 75.7 Å². The van der Waals surface area contributed by atoms with Crippen LogP contribution in [0.15, 0.2) is 30.3 Å². The second-order valence-electron chi connectivity index (χ2n) is 5.18. The molecule has 1 fully saturated rings. The Bertz CT molecular complexity index is 603. The highest BCUT2D eigenvalue weighted by Gasteiger charge is 2.35. The number of nitrogens with zero attached hydrogens (tertiary/aromatic N) is 1. The van der Waals surface area contributed by atoms with Gasteiger partial charge in [0.25, 0.3) is 0 Å². The minimum absolute atomic E-state index is 0.206. The minimum Gasteiger partial charge on any atom is -0.377 e. The molecule has 1 N–H and O–H groups in total. The number of carbonyl (C=O) groups excluding carboxylic acids is 1. The first-order valence-electron chi connectivity index (χ1n) is 7.50. The maximum Gasteiger partial charge on any atom is 0.326 e. The van der Waals surface area contributed by atoms with E-state index < -0.39 is 22.0 Å². The molecule has 0 aliphatic carbocycles. The predicted octanol–water partition coefficient (Wildman–Crippen LogP) is 1.69. The normalized spacial score (nSPS) is 21.5. The van der Waals surface area contributed by atoms with Crippen molar-refractivity contribution in [3.63, 3.8) is 0 Å². The number of ether oxygens (including phenoxy) is 1. The van der Waals surface area contributed by atoms with Crippen LogP contribution in [0.2, 0.25) is 0 Å². The highest BCUT2D eigenvalue weighted by Crippen LogP contribution is 2.24. The van der Waals surface area contributed by atoms with Crippen molar-refractivity contribution < 1.29 is 17.9 Å². The summed E-state index contributed by atoms with van der Waals surface area (Å²) >= 11 is 0. The fourth-order valence-corrected chi connectivity index (χ4v) is 3.95. The summed E-state index contributed by atoms with van der Waals surface area (Å²) in [5.74, 6) is -0.895. The van der Waals surface area contributed by atoms with Gasteiger partial charge in [-0.3, -0.25) is 9.10 Å². The summed E-state index contributed by atoms with van der Waals surface area (Å²) in [6.45, 7) is 4.38. The lowest BCUT2D eigenvalue weighted by molar-refractivity contribution is -0.124. The summed E-state index contributed by atoms with van der Waals surface area (Å²) in [6, 6.07) is 8.71. The zero-order valence-electron chi connectivity index (χ0n) is 12.9. The number of anilines is 1. The Morgan fingerprint density at radius 1 is 1.32 bits per heavy atom. The van der Waals surface area contributed by atoms with Crippen LogP contribution in [0, 0.1) is 5.92 Å². The second kappa shape index (κ2) is 7.11. The van der Waals surface area contributed by atoms with Crippen molar-refractivity contribution in [2.45, 2.75) is 32.8 Å². The number of nitrogens with one attached hydrogen (secondary N) is 1. The molecule has 6 nitrogen and oxygen atoms in total. The van der Waals surface area contributed by atoms with E-state index in [0.717, 1.165) is 0 Å². The van der Waals surface area contributed by atoms with Gasteiger partial charge in [-0.2, -0.15) is 8.42 Å². The molecule has 122 valence electrons. The molecular weight excluding hydrogens is 304 g/mol. The molecule has 1 aromatic carbocycles. The summed E-state index contributed by atoms with van der Waals surface area (Å²) in [4.78, 5) is 12.3. The van der Waals surface area contributed by atoms with Crippen LogP contribution in [0.5, 0.6) is 0 Å². The Morgan fingerprint density at radius 3 is 2.59 bits per heavy atom. The molecule has 1 aromatic rings. The largest absolute Gasteiger partial charge is 0.377 e. The van der Waals surface area contributed by atoms with E-state index in [0.29, 0.717) is 25.1 Å². The van der Waals surface area contributed by atoms with Gasteiger partial charge in [0.2, 0.25) is 5.91 Å². The number of para-hydroxylation sites is 1. The van der Waals surface area contributed by atoms with E-state index in [1.165, 1.54) is 4.31 Å². The standard InChI is InChI=1S/C15H22N2O4S/c1-3-14-13(10-11-21-14)15(18)16-22(19,20)17(4-2)12-8-6-5-7-9-12/h5-9,13-14H,3-4,10-11H2,1-2H3,(H,16,18)/t13-,14+/m1/s1. The number of benzene rings is 1. The molecule has 1 aliphatic rings. The molecule has 0 aromatic heterocycles. The predicted molar refractivity (Wildman–Crippen MR) is 84.7 cm³/mol. The molecule has 0 spiro atoms. The molecule has 1 aliphatic heterocycles. The molecule has 1 amide bonds. The molecule has 0 radical (unpaired) electrons. The van der Waals surface area contributed by atoms with Crippen LogP contribution >= 0.6 is 0 Å². The minimum atomic E-state index is -3.92. The van der Waals surface area contributed by atoms with Crippen molar-refractivity contribution >= 4 is 21.8 Å². The van der Waals surface area contributed by atoms with Gasteiger partial charge in [0, 0.05) is 13.2 Å². The molecule has 2 atom stereocenters. The number of rotatable bonds is 6. The third-order valence-electron chi connectivity index (χ3n) is 3.80. The maximum absolute atomic E-state index is 12.5. The smallest absolute Gasteiger partial charge is 0.326 e. The van der Waals surface area contributed by atoms with Gasteiger partial charge >= 0.3 is 10.2 Å². The van der Waals surface area contributed by atoms with Gasteiger partial charge in [-0.05, 0) is 31.9 Å². The van der Waals surface area contributed by atoms with Gasteiger partial charge in [0.05, 0.1) is 17.7 Å². The van der Waals surface area contributed by atoms with Gasteiger partial charge in [0.15, 0.2) is 0 Å². The monoisotopic (exact) mass is 326 g/mol. The SMILES string of the molecule is CC[C@@H]1OCC[C@H]1C(=O)NS(=O)(=O)N(CC)c1ccccc1. The Balaban J connectivity index is 2.14. The zero-order valence-corrected chi connectivity index (χ0v) is 13.7. The van der Waals surface area contributed by atoms with Crippen molar-refractivity contribution in [3.8, 4) is 0 Å². The quantitative estimate of drug-likeness (QED) is 0.863. The fraction of sp³-hybridized carbons (Fsp3) is 0.533. The lowest BCUT2D eigenvalue weighted by Gasteiger charge is -2.24. The Hall–Kier alpha value is -1.60. The molecule has 22 heavy (non-hydrogen) atoms. The number of hydrogen-bond acceptors (Lipinski definition) is 4. The van der Waals surface area contributed by atoms with Crippen molar-refractivity contribution in [2.24, 2.45) is 5.92 Å². The summed E-state index contributed by atoms with van der Waals surface area (Å²) < 4.78 is 33.8. The van der Waals surface area contributed by atoms with Gasteiger partial charge < -0.3 is 4.74 Å². The molecule has 1 heterocycles. The van der Waals surface area contributed by atoms with Crippen LogP contribution in [0.25, 0.3) is 0 Å². The lowest BCUT2D eigenvalue weighted by Crippen LogP contribution is -2.46. The van der Waals surface area contributed by atoms with E-state index in [9.17, 15) is 13.2 Å². The van der Waals surface area contributed by atoms with E-state index in [-0.39, 0.29) is 12.6 Å². The van der Waals surface area contributed by atoms with Crippen LogP contribution < -0.4 is 9.03 Å². The third kappa shape index (κ3) is 3.59. The van der Waals surface area contributed by atoms with Crippen molar-refractivity contribution in [1.82, 2.24) is 4.72 Å².